The molecule has 31 heavy (non-hydrogen) atoms. The van der Waals surface area contributed by atoms with Gasteiger partial charge < -0.3 is 20.6 Å². The SMILES string of the molecule is CCCC[C@H](NC(=O)c1ccc2c(c1)N(C)C(=O)CC2)C(=O)N[C@H]1CCC[C@H]1C(=O)O. The molecule has 2 aliphatic rings. The lowest BCUT2D eigenvalue weighted by molar-refractivity contribution is -0.142. The van der Waals surface area contributed by atoms with Gasteiger partial charge in [0.25, 0.3) is 5.91 Å². The van der Waals surface area contributed by atoms with Gasteiger partial charge in [-0.05, 0) is 43.4 Å². The number of aryl methyl sites for hydroxylation is 1. The zero-order chi connectivity index (χ0) is 22.5. The summed E-state index contributed by atoms with van der Waals surface area (Å²) in [6.07, 6.45) is 5.13. The van der Waals surface area contributed by atoms with Gasteiger partial charge in [-0.2, -0.15) is 0 Å². The summed E-state index contributed by atoms with van der Waals surface area (Å²) < 4.78 is 0. The van der Waals surface area contributed by atoms with Crippen LogP contribution >= 0.6 is 0 Å². The largest absolute Gasteiger partial charge is 0.481 e. The number of carbonyl (C=O) groups excluding carboxylic acids is 3. The molecule has 1 saturated carbocycles. The molecule has 0 radical (unpaired) electrons. The van der Waals surface area contributed by atoms with Gasteiger partial charge in [0.2, 0.25) is 11.8 Å². The lowest BCUT2D eigenvalue weighted by Gasteiger charge is -2.26. The first-order chi connectivity index (χ1) is 14.8. The monoisotopic (exact) mass is 429 g/mol. The summed E-state index contributed by atoms with van der Waals surface area (Å²) in [5.41, 5.74) is 2.12. The molecule has 0 aromatic heterocycles. The van der Waals surface area contributed by atoms with Crippen molar-refractivity contribution in [3.63, 3.8) is 0 Å². The highest BCUT2D eigenvalue weighted by molar-refractivity contribution is 6.01. The second-order valence-electron chi connectivity index (χ2n) is 8.46. The maximum atomic E-state index is 12.9. The predicted molar refractivity (Wildman–Crippen MR) is 116 cm³/mol. The van der Waals surface area contributed by atoms with Crippen LogP contribution in [-0.4, -0.2) is 47.9 Å². The molecule has 3 atom stereocenters. The van der Waals surface area contributed by atoms with E-state index in [0.717, 1.165) is 24.8 Å². The Morgan fingerprint density at radius 3 is 2.71 bits per heavy atom. The number of amides is 3. The number of unbranched alkanes of at least 4 members (excludes halogenated alkanes) is 1. The number of fused-ring (bicyclic) bond motifs is 1. The van der Waals surface area contributed by atoms with E-state index in [-0.39, 0.29) is 17.7 Å². The molecular weight excluding hydrogens is 398 g/mol. The average molecular weight is 430 g/mol. The Bertz CT molecular complexity index is 869. The van der Waals surface area contributed by atoms with Crippen LogP contribution in [0.25, 0.3) is 0 Å². The van der Waals surface area contributed by atoms with Gasteiger partial charge in [0, 0.05) is 30.8 Å². The lowest BCUT2D eigenvalue weighted by Crippen LogP contribution is -2.51. The maximum Gasteiger partial charge on any atom is 0.308 e. The van der Waals surface area contributed by atoms with Crippen molar-refractivity contribution in [2.24, 2.45) is 5.92 Å². The Morgan fingerprint density at radius 2 is 2.00 bits per heavy atom. The van der Waals surface area contributed by atoms with Crippen LogP contribution < -0.4 is 15.5 Å². The van der Waals surface area contributed by atoms with Crippen molar-refractivity contribution in [1.82, 2.24) is 10.6 Å². The summed E-state index contributed by atoms with van der Waals surface area (Å²) in [6.45, 7) is 2.00. The van der Waals surface area contributed by atoms with Crippen molar-refractivity contribution in [1.29, 1.82) is 0 Å². The summed E-state index contributed by atoms with van der Waals surface area (Å²) >= 11 is 0. The van der Waals surface area contributed by atoms with Crippen molar-refractivity contribution in [2.45, 2.75) is 70.4 Å². The highest BCUT2D eigenvalue weighted by atomic mass is 16.4. The van der Waals surface area contributed by atoms with Crippen LogP contribution in [-0.2, 0) is 20.8 Å². The van der Waals surface area contributed by atoms with Gasteiger partial charge in [0.1, 0.15) is 6.04 Å². The lowest BCUT2D eigenvalue weighted by atomic mass is 9.99. The zero-order valence-electron chi connectivity index (χ0n) is 18.1. The van der Waals surface area contributed by atoms with E-state index < -0.39 is 24.0 Å². The molecule has 0 unspecified atom stereocenters. The zero-order valence-corrected chi connectivity index (χ0v) is 18.1. The third kappa shape index (κ3) is 5.24. The first-order valence-electron chi connectivity index (χ1n) is 11.0. The van der Waals surface area contributed by atoms with Crippen LogP contribution in [0.15, 0.2) is 18.2 Å². The van der Waals surface area contributed by atoms with E-state index >= 15 is 0 Å². The summed E-state index contributed by atoms with van der Waals surface area (Å²) in [5, 5.41) is 15.0. The molecule has 1 heterocycles. The second-order valence-corrected chi connectivity index (χ2v) is 8.46. The standard InChI is InChI=1S/C23H31N3O5/c1-3-4-7-18(22(29)24-17-8-5-6-16(17)23(30)31)25-21(28)15-10-9-14-11-12-20(27)26(2)19(14)13-15/h9-10,13,16-18H,3-8,11-12H2,1-2H3,(H,24,29)(H,25,28)(H,30,31)/t16-,17+,18+/m1/s1. The molecule has 8 nitrogen and oxygen atoms in total. The van der Waals surface area contributed by atoms with Gasteiger partial charge in [-0.1, -0.05) is 32.3 Å². The summed E-state index contributed by atoms with van der Waals surface area (Å²) in [4.78, 5) is 50.8. The van der Waals surface area contributed by atoms with E-state index in [1.807, 2.05) is 13.0 Å². The Labute approximate surface area is 182 Å². The highest BCUT2D eigenvalue weighted by Crippen LogP contribution is 2.28. The minimum atomic E-state index is -0.898. The molecule has 8 heteroatoms. The third-order valence-electron chi connectivity index (χ3n) is 6.32. The smallest absolute Gasteiger partial charge is 0.308 e. The molecule has 1 aliphatic carbocycles. The number of anilines is 1. The minimum absolute atomic E-state index is 0.00908. The van der Waals surface area contributed by atoms with Crippen LogP contribution in [0.3, 0.4) is 0 Å². The van der Waals surface area contributed by atoms with Crippen molar-refractivity contribution in [3.8, 4) is 0 Å². The summed E-state index contributed by atoms with van der Waals surface area (Å²) in [5.74, 6) is -2.20. The molecule has 168 valence electrons. The number of nitrogens with one attached hydrogen (secondary N) is 2. The molecule has 1 aliphatic heterocycles. The topological polar surface area (TPSA) is 116 Å². The number of hydrogen-bond donors (Lipinski definition) is 3. The first kappa shape index (κ1) is 22.8. The first-order valence-corrected chi connectivity index (χ1v) is 11.0. The van der Waals surface area contributed by atoms with Gasteiger partial charge in [0.15, 0.2) is 0 Å². The Balaban J connectivity index is 1.71. The highest BCUT2D eigenvalue weighted by Gasteiger charge is 2.35. The van der Waals surface area contributed by atoms with Crippen molar-refractivity contribution < 1.29 is 24.3 Å². The molecular formula is C23H31N3O5. The number of carboxylic acids is 1. The molecule has 1 aromatic rings. The van der Waals surface area contributed by atoms with E-state index in [2.05, 4.69) is 10.6 Å². The number of nitrogens with zero attached hydrogens (tertiary/aromatic N) is 1. The quantitative estimate of drug-likeness (QED) is 0.586. The van der Waals surface area contributed by atoms with Gasteiger partial charge in [0.05, 0.1) is 5.92 Å². The minimum Gasteiger partial charge on any atom is -0.481 e. The van der Waals surface area contributed by atoms with Crippen LogP contribution in [0.2, 0.25) is 0 Å². The number of carbonyl (C=O) groups is 4. The number of rotatable bonds is 8. The van der Waals surface area contributed by atoms with Crippen molar-refractivity contribution in [2.75, 3.05) is 11.9 Å². The maximum absolute atomic E-state index is 12.9. The van der Waals surface area contributed by atoms with Crippen LogP contribution in [0.1, 0.15) is 67.8 Å². The van der Waals surface area contributed by atoms with E-state index in [9.17, 15) is 24.3 Å². The number of benzene rings is 1. The van der Waals surface area contributed by atoms with Crippen LogP contribution in [0.4, 0.5) is 5.69 Å². The molecule has 1 aromatic carbocycles. The van der Waals surface area contributed by atoms with Gasteiger partial charge >= 0.3 is 5.97 Å². The van der Waals surface area contributed by atoms with E-state index in [4.69, 9.17) is 0 Å². The molecule has 1 fully saturated rings. The van der Waals surface area contributed by atoms with Gasteiger partial charge in [-0.3, -0.25) is 19.2 Å². The van der Waals surface area contributed by atoms with E-state index in [1.165, 1.54) is 0 Å². The van der Waals surface area contributed by atoms with Crippen molar-refractivity contribution >= 4 is 29.4 Å². The fourth-order valence-electron chi connectivity index (χ4n) is 4.40. The molecule has 0 saturated heterocycles. The summed E-state index contributed by atoms with van der Waals surface area (Å²) in [6, 6.07) is 4.11. The fraction of sp³-hybridized carbons (Fsp3) is 0.565. The predicted octanol–water partition coefficient (Wildman–Crippen LogP) is 2.25. The Hall–Kier alpha value is -2.90. The van der Waals surface area contributed by atoms with Crippen LogP contribution in [0, 0.1) is 5.92 Å². The van der Waals surface area contributed by atoms with E-state index in [1.54, 1.807) is 24.1 Å². The number of carboxylic acid groups (broad SMARTS) is 1. The van der Waals surface area contributed by atoms with Crippen LogP contribution in [0.5, 0.6) is 0 Å². The molecule has 0 spiro atoms. The summed E-state index contributed by atoms with van der Waals surface area (Å²) in [7, 11) is 1.69. The Kier molecular flexibility index (Phi) is 7.30. The fourth-order valence-corrected chi connectivity index (χ4v) is 4.40. The Morgan fingerprint density at radius 1 is 1.23 bits per heavy atom. The second kappa shape index (κ2) is 9.94. The van der Waals surface area contributed by atoms with Gasteiger partial charge in [-0.15, -0.1) is 0 Å². The number of hydrogen-bond acceptors (Lipinski definition) is 4. The molecule has 3 rings (SSSR count). The van der Waals surface area contributed by atoms with E-state index in [0.29, 0.717) is 43.4 Å². The third-order valence-corrected chi connectivity index (χ3v) is 6.32. The van der Waals surface area contributed by atoms with Gasteiger partial charge in [-0.25, -0.2) is 0 Å². The number of aliphatic carboxylic acids is 1. The molecule has 3 amide bonds. The molecule has 0 bridgehead atoms. The average Bonchev–Trinajstić information content (AvgIpc) is 3.21. The molecule has 3 N–H and O–H groups in total. The van der Waals surface area contributed by atoms with Crippen molar-refractivity contribution in [3.05, 3.63) is 29.3 Å². The normalized spacial score (nSPS) is 21.4.